The zero-order chi connectivity index (χ0) is 27.4. The second-order valence-corrected chi connectivity index (χ2v) is 12.0. The molecule has 3 heterocycles. The van der Waals surface area contributed by atoms with Gasteiger partial charge in [-0.1, -0.05) is 83.7 Å². The van der Waals surface area contributed by atoms with Crippen LogP contribution in [0, 0.1) is 11.3 Å². The highest BCUT2D eigenvalue weighted by Crippen LogP contribution is 2.43. The van der Waals surface area contributed by atoms with Crippen molar-refractivity contribution in [2.45, 2.75) is 91.6 Å². The Morgan fingerprint density at radius 3 is 2.51 bits per heavy atom. The van der Waals surface area contributed by atoms with Crippen molar-refractivity contribution in [3.05, 3.63) is 70.5 Å². The van der Waals surface area contributed by atoms with Gasteiger partial charge in [-0.15, -0.1) is 10.2 Å². The number of aryl methyl sites for hydroxylation is 1. The Balaban J connectivity index is 1.46. The standard InChI is InChI=1S/C31H41N7O/c1-5-6-12-23-21-38(28-16-9-7-8-15-26(28)31(2,3)4)30(39)37(23)20-22-17-18-27(32-19-22)24-13-10-11-14-25(24)29-33-35-36-34-29/h10-11,13-14,17-19,21,26,28H,5-9,12,15-16,20H2,1-4H3,(H,33,34,35,36). The molecule has 1 fully saturated rings. The monoisotopic (exact) mass is 527 g/mol. The normalized spacial score (nSPS) is 18.3. The molecule has 0 radical (unpaired) electrons. The molecule has 0 amide bonds. The van der Waals surface area contributed by atoms with E-state index in [4.69, 9.17) is 4.98 Å². The minimum absolute atomic E-state index is 0.119. The first-order valence-electron chi connectivity index (χ1n) is 14.5. The molecule has 0 bridgehead atoms. The first-order chi connectivity index (χ1) is 18.9. The fraction of sp³-hybridized carbons (Fsp3) is 0.516. The van der Waals surface area contributed by atoms with Crippen molar-refractivity contribution in [1.82, 2.24) is 34.7 Å². The number of imidazole rings is 1. The van der Waals surface area contributed by atoms with Gasteiger partial charge in [0.15, 0.2) is 0 Å². The van der Waals surface area contributed by atoms with Gasteiger partial charge in [0, 0.05) is 35.3 Å². The molecule has 0 spiro atoms. The topological polar surface area (TPSA) is 94.3 Å². The van der Waals surface area contributed by atoms with Crippen LogP contribution in [0.25, 0.3) is 22.6 Å². The van der Waals surface area contributed by atoms with Crippen molar-refractivity contribution < 1.29 is 0 Å². The molecular formula is C31H41N7O. The van der Waals surface area contributed by atoms with Crippen LogP contribution in [0.2, 0.25) is 0 Å². The lowest BCUT2D eigenvalue weighted by Gasteiger charge is -2.36. The Hall–Kier alpha value is -3.55. The van der Waals surface area contributed by atoms with Crippen molar-refractivity contribution in [3.63, 3.8) is 0 Å². The van der Waals surface area contributed by atoms with Gasteiger partial charge in [0.25, 0.3) is 0 Å². The summed E-state index contributed by atoms with van der Waals surface area (Å²) in [6.45, 7) is 9.73. The van der Waals surface area contributed by atoms with Gasteiger partial charge in [0.1, 0.15) is 0 Å². The van der Waals surface area contributed by atoms with Gasteiger partial charge < -0.3 is 0 Å². The summed E-state index contributed by atoms with van der Waals surface area (Å²) in [5.74, 6) is 1.03. The van der Waals surface area contributed by atoms with Crippen LogP contribution in [0.5, 0.6) is 0 Å². The number of hydrogen-bond acceptors (Lipinski definition) is 5. The maximum Gasteiger partial charge on any atom is 0.328 e. The predicted octanol–water partition coefficient (Wildman–Crippen LogP) is 6.45. The van der Waals surface area contributed by atoms with Crippen LogP contribution < -0.4 is 5.69 Å². The summed E-state index contributed by atoms with van der Waals surface area (Å²) in [6.07, 6.45) is 13.1. The number of unbranched alkanes of at least 4 members (excludes halogenated alkanes) is 1. The molecule has 5 rings (SSSR count). The third-order valence-electron chi connectivity index (χ3n) is 8.28. The average molecular weight is 528 g/mol. The molecule has 39 heavy (non-hydrogen) atoms. The van der Waals surface area contributed by atoms with Crippen molar-refractivity contribution in [3.8, 4) is 22.6 Å². The number of benzene rings is 1. The predicted molar refractivity (Wildman–Crippen MR) is 154 cm³/mol. The molecule has 2 atom stereocenters. The molecule has 206 valence electrons. The molecule has 4 aromatic rings. The van der Waals surface area contributed by atoms with E-state index in [2.05, 4.69) is 65.1 Å². The van der Waals surface area contributed by atoms with Crippen molar-refractivity contribution in [2.24, 2.45) is 11.3 Å². The molecule has 1 aromatic carbocycles. The van der Waals surface area contributed by atoms with Gasteiger partial charge in [-0.25, -0.2) is 4.79 Å². The lowest BCUT2D eigenvalue weighted by atomic mass is 9.74. The highest BCUT2D eigenvalue weighted by molar-refractivity contribution is 5.78. The highest BCUT2D eigenvalue weighted by atomic mass is 16.1. The maximum absolute atomic E-state index is 14.0. The van der Waals surface area contributed by atoms with Gasteiger partial charge in [-0.05, 0) is 53.9 Å². The van der Waals surface area contributed by atoms with Crippen LogP contribution in [0.1, 0.15) is 89.9 Å². The molecule has 1 N–H and O–H groups in total. The number of H-pyrrole nitrogens is 1. The van der Waals surface area contributed by atoms with E-state index in [1.165, 1.54) is 25.7 Å². The minimum atomic E-state index is 0.119. The van der Waals surface area contributed by atoms with E-state index in [-0.39, 0.29) is 17.1 Å². The van der Waals surface area contributed by atoms with Crippen LogP contribution in [0.3, 0.4) is 0 Å². The van der Waals surface area contributed by atoms with Gasteiger partial charge >= 0.3 is 5.69 Å². The summed E-state index contributed by atoms with van der Waals surface area (Å²) in [7, 11) is 0. The van der Waals surface area contributed by atoms with Crippen LogP contribution in [-0.4, -0.2) is 34.7 Å². The van der Waals surface area contributed by atoms with E-state index >= 15 is 0 Å². The molecule has 0 saturated heterocycles. The fourth-order valence-corrected chi connectivity index (χ4v) is 6.18. The largest absolute Gasteiger partial charge is 0.328 e. The summed E-state index contributed by atoms with van der Waals surface area (Å²) in [5.41, 5.74) is 5.08. The van der Waals surface area contributed by atoms with Gasteiger partial charge in [0.2, 0.25) is 5.82 Å². The fourth-order valence-electron chi connectivity index (χ4n) is 6.18. The second-order valence-electron chi connectivity index (χ2n) is 12.0. The summed E-state index contributed by atoms with van der Waals surface area (Å²) >= 11 is 0. The van der Waals surface area contributed by atoms with Crippen LogP contribution in [0.15, 0.2) is 53.6 Å². The number of rotatable bonds is 8. The second kappa shape index (κ2) is 11.7. The Morgan fingerprint density at radius 2 is 1.82 bits per heavy atom. The third kappa shape index (κ3) is 5.89. The Bertz CT molecular complexity index is 1410. The quantitative estimate of drug-likeness (QED) is 0.266. The van der Waals surface area contributed by atoms with E-state index in [1.807, 2.05) is 41.1 Å². The molecule has 3 aromatic heterocycles. The van der Waals surface area contributed by atoms with Gasteiger partial charge in [-0.3, -0.25) is 14.1 Å². The lowest BCUT2D eigenvalue weighted by Crippen LogP contribution is -2.35. The van der Waals surface area contributed by atoms with Gasteiger partial charge in [0.05, 0.1) is 12.2 Å². The van der Waals surface area contributed by atoms with E-state index in [9.17, 15) is 4.79 Å². The minimum Gasteiger partial charge on any atom is -0.296 e. The summed E-state index contributed by atoms with van der Waals surface area (Å²) in [6, 6.07) is 12.3. The van der Waals surface area contributed by atoms with E-state index < -0.39 is 0 Å². The highest BCUT2D eigenvalue weighted by Gasteiger charge is 2.35. The maximum atomic E-state index is 14.0. The van der Waals surface area contributed by atoms with Crippen LogP contribution in [-0.2, 0) is 13.0 Å². The molecule has 0 aliphatic heterocycles. The summed E-state index contributed by atoms with van der Waals surface area (Å²) < 4.78 is 4.08. The van der Waals surface area contributed by atoms with Crippen LogP contribution in [0.4, 0.5) is 0 Å². The number of hydrogen-bond donors (Lipinski definition) is 1. The van der Waals surface area contributed by atoms with E-state index in [0.717, 1.165) is 53.8 Å². The summed E-state index contributed by atoms with van der Waals surface area (Å²) in [5, 5.41) is 14.5. The number of aromatic nitrogens is 7. The van der Waals surface area contributed by atoms with E-state index in [0.29, 0.717) is 18.3 Å². The average Bonchev–Trinajstić information content (AvgIpc) is 3.48. The number of nitrogens with one attached hydrogen (secondary N) is 1. The van der Waals surface area contributed by atoms with Crippen molar-refractivity contribution >= 4 is 0 Å². The van der Waals surface area contributed by atoms with Gasteiger partial charge in [-0.2, -0.15) is 5.21 Å². The zero-order valence-corrected chi connectivity index (χ0v) is 23.7. The third-order valence-corrected chi connectivity index (χ3v) is 8.28. The first kappa shape index (κ1) is 27.0. The number of pyridine rings is 1. The molecule has 1 saturated carbocycles. The smallest absolute Gasteiger partial charge is 0.296 e. The number of nitrogens with zero attached hydrogens (tertiary/aromatic N) is 6. The molecular weight excluding hydrogens is 486 g/mol. The molecule has 1 aliphatic carbocycles. The molecule has 8 heteroatoms. The first-order valence-corrected chi connectivity index (χ1v) is 14.5. The molecule has 8 nitrogen and oxygen atoms in total. The van der Waals surface area contributed by atoms with Crippen molar-refractivity contribution in [2.75, 3.05) is 0 Å². The summed E-state index contributed by atoms with van der Waals surface area (Å²) in [4.78, 5) is 18.8. The van der Waals surface area contributed by atoms with E-state index in [1.54, 1.807) is 0 Å². The molecule has 2 unspecified atom stereocenters. The van der Waals surface area contributed by atoms with Crippen LogP contribution >= 0.6 is 0 Å². The Morgan fingerprint density at radius 1 is 1.03 bits per heavy atom. The number of tetrazole rings is 1. The Labute approximate surface area is 230 Å². The zero-order valence-electron chi connectivity index (χ0n) is 23.7. The van der Waals surface area contributed by atoms with Crippen molar-refractivity contribution in [1.29, 1.82) is 0 Å². The SMILES string of the molecule is CCCCc1cn(C2CCCCCC2C(C)(C)C)c(=O)n1Cc1ccc(-c2ccccc2-c2nn[nH]n2)nc1. The number of aromatic amines is 1. The Kier molecular flexibility index (Phi) is 8.10. The molecule has 1 aliphatic rings. The lowest BCUT2D eigenvalue weighted by molar-refractivity contribution is 0.148.